The minimum Gasteiger partial charge on any atom is -0.440 e. The van der Waals surface area contributed by atoms with E-state index in [-0.39, 0.29) is 4.90 Å². The highest BCUT2D eigenvalue weighted by Gasteiger charge is 2.28. The van der Waals surface area contributed by atoms with Crippen LogP contribution in [0.2, 0.25) is 0 Å². The lowest BCUT2D eigenvalue weighted by Gasteiger charge is -2.31. The van der Waals surface area contributed by atoms with Crippen LogP contribution in [0.15, 0.2) is 51.9 Å². The molecule has 2 aliphatic rings. The van der Waals surface area contributed by atoms with Crippen LogP contribution in [0.5, 0.6) is 0 Å². The van der Waals surface area contributed by atoms with Crippen LogP contribution in [0.25, 0.3) is 11.1 Å². The van der Waals surface area contributed by atoms with Crippen molar-refractivity contribution in [1.29, 1.82) is 0 Å². The molecule has 0 amide bonds. The van der Waals surface area contributed by atoms with Gasteiger partial charge in [-0.2, -0.15) is 4.31 Å². The molecule has 3 aromatic rings. The highest BCUT2D eigenvalue weighted by Crippen LogP contribution is 2.31. The van der Waals surface area contributed by atoms with E-state index in [1.807, 2.05) is 30.3 Å². The largest absolute Gasteiger partial charge is 0.440 e. The SMILES string of the molecule is O=S(=O)(c1ccc(N2CCC(c3nc4ccccc4o3)CC2)nc1)N1CCCC1. The van der Waals surface area contributed by atoms with Crippen molar-refractivity contribution in [3.63, 3.8) is 0 Å². The number of rotatable bonds is 4. The maximum atomic E-state index is 12.7. The average Bonchev–Trinajstić information content (AvgIpc) is 3.44. The van der Waals surface area contributed by atoms with Gasteiger partial charge >= 0.3 is 0 Å². The zero-order valence-corrected chi connectivity index (χ0v) is 17.0. The Morgan fingerprint density at radius 3 is 2.41 bits per heavy atom. The highest BCUT2D eigenvalue weighted by molar-refractivity contribution is 7.89. The molecule has 0 unspecified atom stereocenters. The number of hydrogen-bond acceptors (Lipinski definition) is 6. The first kappa shape index (κ1) is 18.6. The molecule has 152 valence electrons. The summed E-state index contributed by atoms with van der Waals surface area (Å²) in [5.41, 5.74) is 1.74. The van der Waals surface area contributed by atoms with Crippen LogP contribution in [-0.2, 0) is 10.0 Å². The first-order chi connectivity index (χ1) is 14.1. The third-order valence-corrected chi connectivity index (χ3v) is 7.78. The van der Waals surface area contributed by atoms with Crippen LogP contribution < -0.4 is 4.90 Å². The van der Waals surface area contributed by atoms with E-state index in [1.165, 1.54) is 6.20 Å². The second kappa shape index (κ2) is 7.42. The molecule has 2 aromatic heterocycles. The molecule has 0 spiro atoms. The summed E-state index contributed by atoms with van der Waals surface area (Å²) < 4.78 is 32.8. The Balaban J connectivity index is 1.26. The quantitative estimate of drug-likeness (QED) is 0.654. The highest BCUT2D eigenvalue weighted by atomic mass is 32.2. The van der Waals surface area contributed by atoms with Crippen LogP contribution in [-0.4, -0.2) is 48.9 Å². The number of nitrogens with zero attached hydrogens (tertiary/aromatic N) is 4. The van der Waals surface area contributed by atoms with Gasteiger partial charge in [0.15, 0.2) is 11.5 Å². The van der Waals surface area contributed by atoms with Crippen LogP contribution >= 0.6 is 0 Å². The van der Waals surface area contributed by atoms with E-state index < -0.39 is 10.0 Å². The molecular formula is C21H24N4O3S. The molecule has 0 radical (unpaired) electrons. The molecule has 0 bridgehead atoms. The second-order valence-electron chi connectivity index (χ2n) is 7.74. The van der Waals surface area contributed by atoms with Gasteiger partial charge in [0.05, 0.1) is 0 Å². The zero-order valence-electron chi connectivity index (χ0n) is 16.2. The maximum absolute atomic E-state index is 12.7. The Bertz CT molecular complexity index is 1060. The molecule has 2 saturated heterocycles. The molecule has 4 heterocycles. The fourth-order valence-corrected chi connectivity index (χ4v) is 5.67. The van der Waals surface area contributed by atoms with Crippen LogP contribution in [0, 0.1) is 0 Å². The van der Waals surface area contributed by atoms with Gasteiger partial charge in [-0.3, -0.25) is 0 Å². The van der Waals surface area contributed by atoms with Crippen molar-refractivity contribution in [3.05, 3.63) is 48.5 Å². The summed E-state index contributed by atoms with van der Waals surface area (Å²) in [6.07, 6.45) is 5.22. The predicted molar refractivity (Wildman–Crippen MR) is 110 cm³/mol. The number of anilines is 1. The minimum atomic E-state index is -3.41. The minimum absolute atomic E-state index is 0.282. The number of para-hydroxylation sites is 2. The molecule has 0 saturated carbocycles. The topological polar surface area (TPSA) is 79.5 Å². The number of pyridine rings is 1. The van der Waals surface area contributed by atoms with Crippen molar-refractivity contribution in [2.45, 2.75) is 36.5 Å². The first-order valence-corrected chi connectivity index (χ1v) is 11.6. The number of piperidine rings is 1. The molecule has 0 aliphatic carbocycles. The van der Waals surface area contributed by atoms with Crippen molar-refractivity contribution in [3.8, 4) is 0 Å². The lowest BCUT2D eigenvalue weighted by molar-refractivity contribution is 0.406. The number of benzene rings is 1. The fourth-order valence-electron chi connectivity index (χ4n) is 4.21. The smallest absolute Gasteiger partial charge is 0.244 e. The Hall–Kier alpha value is -2.45. The average molecular weight is 413 g/mol. The monoisotopic (exact) mass is 412 g/mol. The number of aromatic nitrogens is 2. The summed E-state index contributed by atoms with van der Waals surface area (Å²) >= 11 is 0. The van der Waals surface area contributed by atoms with E-state index in [9.17, 15) is 8.42 Å². The molecule has 1 aromatic carbocycles. The van der Waals surface area contributed by atoms with Crippen molar-refractivity contribution in [2.24, 2.45) is 0 Å². The molecule has 2 fully saturated rings. The van der Waals surface area contributed by atoms with Gasteiger partial charge in [0, 0.05) is 38.3 Å². The zero-order chi connectivity index (χ0) is 19.8. The predicted octanol–water partition coefficient (Wildman–Crippen LogP) is 3.39. The summed E-state index contributed by atoms with van der Waals surface area (Å²) in [5, 5.41) is 0. The van der Waals surface area contributed by atoms with Gasteiger partial charge in [0.2, 0.25) is 10.0 Å². The summed E-state index contributed by atoms with van der Waals surface area (Å²) in [4.78, 5) is 11.6. The molecule has 2 aliphatic heterocycles. The van der Waals surface area contributed by atoms with E-state index in [0.29, 0.717) is 19.0 Å². The lowest BCUT2D eigenvalue weighted by atomic mass is 9.97. The van der Waals surface area contributed by atoms with Crippen LogP contribution in [0.4, 0.5) is 5.82 Å². The molecule has 8 heteroatoms. The number of hydrogen-bond donors (Lipinski definition) is 0. The van der Waals surface area contributed by atoms with E-state index in [2.05, 4.69) is 14.9 Å². The van der Waals surface area contributed by atoms with Gasteiger partial charge in [-0.1, -0.05) is 12.1 Å². The Morgan fingerprint density at radius 2 is 1.72 bits per heavy atom. The summed E-state index contributed by atoms with van der Waals surface area (Å²) in [7, 11) is -3.41. The van der Waals surface area contributed by atoms with Gasteiger partial charge < -0.3 is 9.32 Å². The van der Waals surface area contributed by atoms with Crippen LogP contribution in [0.1, 0.15) is 37.5 Å². The third-order valence-electron chi connectivity index (χ3n) is 5.90. The maximum Gasteiger partial charge on any atom is 0.244 e. The molecular weight excluding hydrogens is 388 g/mol. The number of sulfonamides is 1. The van der Waals surface area contributed by atoms with Crippen molar-refractivity contribution in [2.75, 3.05) is 31.1 Å². The van der Waals surface area contributed by atoms with E-state index in [0.717, 1.165) is 61.6 Å². The van der Waals surface area contributed by atoms with E-state index >= 15 is 0 Å². The normalized spacial score (nSPS) is 19.2. The van der Waals surface area contributed by atoms with Gasteiger partial charge in [0.1, 0.15) is 16.2 Å². The Kier molecular flexibility index (Phi) is 4.75. The van der Waals surface area contributed by atoms with Gasteiger partial charge in [-0.15, -0.1) is 0 Å². The second-order valence-corrected chi connectivity index (χ2v) is 9.68. The van der Waals surface area contributed by atoms with Crippen LogP contribution in [0.3, 0.4) is 0 Å². The van der Waals surface area contributed by atoms with Crippen molar-refractivity contribution < 1.29 is 12.8 Å². The molecule has 29 heavy (non-hydrogen) atoms. The van der Waals surface area contributed by atoms with Gasteiger partial charge in [-0.05, 0) is 49.9 Å². The van der Waals surface area contributed by atoms with Crippen molar-refractivity contribution in [1.82, 2.24) is 14.3 Å². The molecule has 0 N–H and O–H groups in total. The summed E-state index contributed by atoms with van der Waals surface area (Å²) in [6, 6.07) is 11.4. The summed E-state index contributed by atoms with van der Waals surface area (Å²) in [6.45, 7) is 2.89. The van der Waals surface area contributed by atoms with E-state index in [1.54, 1.807) is 10.4 Å². The van der Waals surface area contributed by atoms with Gasteiger partial charge in [-0.25, -0.2) is 18.4 Å². The number of fused-ring (bicyclic) bond motifs is 1. The molecule has 0 atom stereocenters. The Morgan fingerprint density at radius 1 is 0.966 bits per heavy atom. The van der Waals surface area contributed by atoms with Crippen molar-refractivity contribution >= 4 is 26.9 Å². The Labute approximate surface area is 170 Å². The number of oxazole rings is 1. The third kappa shape index (κ3) is 3.51. The molecule has 7 nitrogen and oxygen atoms in total. The van der Waals surface area contributed by atoms with Gasteiger partial charge in [0.25, 0.3) is 0 Å². The summed E-state index contributed by atoms with van der Waals surface area (Å²) in [5.74, 6) is 1.93. The fraction of sp³-hybridized carbons (Fsp3) is 0.429. The molecule has 5 rings (SSSR count). The lowest BCUT2D eigenvalue weighted by Crippen LogP contribution is -2.33. The van der Waals surface area contributed by atoms with E-state index in [4.69, 9.17) is 4.42 Å². The first-order valence-electron chi connectivity index (χ1n) is 10.2. The standard InChI is InChI=1S/C21H24N4O3S/c26-29(27,25-11-3-4-12-25)17-7-8-20(22-15-17)24-13-9-16(10-14-24)21-23-18-5-1-2-6-19(18)28-21/h1-2,5-8,15-16H,3-4,9-14H2.